The van der Waals surface area contributed by atoms with Gasteiger partial charge in [-0.3, -0.25) is 0 Å². The van der Waals surface area contributed by atoms with Gasteiger partial charge in [0, 0.05) is 41.0 Å². The maximum atomic E-state index is 5.80. The third-order valence-electron chi connectivity index (χ3n) is 13.9. The Morgan fingerprint density at radius 1 is 0.431 bits per heavy atom. The first-order chi connectivity index (χ1) is 31.1. The van der Waals surface area contributed by atoms with Crippen LogP contribution in [-0.4, -0.2) is 0 Å². The Hall–Kier alpha value is -5.96. The first kappa shape index (κ1) is 47.0. The van der Waals surface area contributed by atoms with Gasteiger partial charge in [0.15, 0.2) is 0 Å². The van der Waals surface area contributed by atoms with E-state index in [1.165, 1.54) is 78.4 Å². The van der Waals surface area contributed by atoms with Crippen molar-refractivity contribution in [3.63, 3.8) is 0 Å². The van der Waals surface area contributed by atoms with Crippen LogP contribution < -0.4 is 9.80 Å². The number of para-hydroxylation sites is 2. The summed E-state index contributed by atoms with van der Waals surface area (Å²) in [6.07, 6.45) is 21.8. The van der Waals surface area contributed by atoms with Crippen LogP contribution in [0, 0.1) is 52.4 Å². The molecule has 0 N–H and O–H groups in total. The molecule has 6 aromatic carbocycles. The Morgan fingerprint density at radius 3 is 1.11 bits per heavy atom. The smallest absolute Gasteiger partial charge is 0.0520 e. The molecule has 0 saturated heterocycles. The van der Waals surface area contributed by atoms with E-state index in [1.54, 1.807) is 0 Å². The van der Waals surface area contributed by atoms with Gasteiger partial charge >= 0.3 is 0 Å². The average Bonchev–Trinajstić information content (AvgIpc) is 3.53. The summed E-state index contributed by atoms with van der Waals surface area (Å²) < 4.78 is 0. The second-order valence-corrected chi connectivity index (χ2v) is 20.8. The molecule has 65 heavy (non-hydrogen) atoms. The van der Waals surface area contributed by atoms with Crippen LogP contribution in [0.4, 0.5) is 34.1 Å². The van der Waals surface area contributed by atoms with Crippen LogP contribution in [0.3, 0.4) is 0 Å². The highest BCUT2D eigenvalue weighted by Crippen LogP contribution is 2.57. The van der Waals surface area contributed by atoms with E-state index in [9.17, 15) is 0 Å². The van der Waals surface area contributed by atoms with Gasteiger partial charge in [0.25, 0.3) is 0 Å². The predicted molar refractivity (Wildman–Crippen MR) is 282 cm³/mol. The van der Waals surface area contributed by atoms with Gasteiger partial charge in [0.05, 0.1) is 11.4 Å². The SMILES string of the molecule is C#CCCCCCC1(CCCCCC#C)c2cc(N(c3ccccc3)c3c(C)cc(C(C)(C)C)cc3C)ccc2-c2ccc(N(c3ccccc3)c3c(C)cc(C(C)(C)C)cc3C)cc21. The molecule has 0 atom stereocenters. The van der Waals surface area contributed by atoms with Gasteiger partial charge in [-0.2, -0.15) is 0 Å². The number of hydrogen-bond acceptors (Lipinski definition) is 2. The zero-order chi connectivity index (χ0) is 46.5. The van der Waals surface area contributed by atoms with Gasteiger partial charge in [0.2, 0.25) is 0 Å². The molecule has 0 saturated carbocycles. The highest BCUT2D eigenvalue weighted by atomic mass is 15.2. The summed E-state index contributed by atoms with van der Waals surface area (Å²) in [5, 5.41) is 0. The van der Waals surface area contributed by atoms with Crippen LogP contribution in [0.15, 0.2) is 121 Å². The number of terminal acetylenes is 2. The van der Waals surface area contributed by atoms with Crippen LogP contribution in [0.1, 0.15) is 150 Å². The van der Waals surface area contributed by atoms with Crippen molar-refractivity contribution in [3.8, 4) is 35.8 Å². The number of anilines is 6. The first-order valence-corrected chi connectivity index (χ1v) is 24.2. The van der Waals surface area contributed by atoms with Gasteiger partial charge in [-0.15, -0.1) is 24.7 Å². The van der Waals surface area contributed by atoms with E-state index >= 15 is 0 Å². The minimum absolute atomic E-state index is 0.0488. The highest BCUT2D eigenvalue weighted by Gasteiger charge is 2.43. The summed E-state index contributed by atoms with van der Waals surface area (Å²) in [5.74, 6) is 5.81. The second kappa shape index (κ2) is 19.6. The lowest BCUT2D eigenvalue weighted by Gasteiger charge is -2.36. The van der Waals surface area contributed by atoms with Crippen LogP contribution >= 0.6 is 0 Å². The van der Waals surface area contributed by atoms with Crippen molar-refractivity contribution >= 4 is 34.1 Å². The predicted octanol–water partition coefficient (Wildman–Crippen LogP) is 17.9. The van der Waals surface area contributed by atoms with Crippen molar-refractivity contribution in [1.82, 2.24) is 0 Å². The molecular weight excluding hydrogens is 785 g/mol. The van der Waals surface area contributed by atoms with E-state index in [2.05, 4.69) is 212 Å². The lowest BCUT2D eigenvalue weighted by molar-refractivity contribution is 0.403. The molecule has 0 fully saturated rings. The van der Waals surface area contributed by atoms with Gasteiger partial charge < -0.3 is 9.80 Å². The Morgan fingerprint density at radius 2 is 0.785 bits per heavy atom. The zero-order valence-corrected chi connectivity index (χ0v) is 41.2. The highest BCUT2D eigenvalue weighted by molar-refractivity contribution is 5.90. The largest absolute Gasteiger partial charge is 0.310 e. The van der Waals surface area contributed by atoms with Crippen LogP contribution in [-0.2, 0) is 16.2 Å². The number of fused-ring (bicyclic) bond motifs is 3. The molecule has 2 nitrogen and oxygen atoms in total. The minimum atomic E-state index is -0.214. The Labute approximate surface area is 393 Å². The fourth-order valence-corrected chi connectivity index (χ4v) is 10.5. The Balaban J connectivity index is 1.46. The molecule has 0 bridgehead atoms. The molecule has 0 unspecified atom stereocenters. The van der Waals surface area contributed by atoms with Gasteiger partial charge in [-0.25, -0.2) is 0 Å². The van der Waals surface area contributed by atoms with Crippen molar-refractivity contribution < 1.29 is 0 Å². The van der Waals surface area contributed by atoms with Crippen molar-refractivity contribution in [2.45, 2.75) is 150 Å². The van der Waals surface area contributed by atoms with E-state index in [0.717, 1.165) is 75.6 Å². The standard InChI is InChI=1S/C63H72N2/c1-13-15-17-19-27-37-63(38-28-20-18-16-14-2)57-43-53(64(51-29-23-21-24-30-51)59-45(3)39-49(40-46(59)4)61(7,8)9)33-35-55(57)56-36-34-54(44-58(56)63)65(52-31-25-22-26-32-52)60-47(5)41-50(42-48(60)6)62(10,11)12/h1-2,21-26,29-36,39-44H,15-20,27-28,37-38H2,3-12H3. The van der Waals surface area contributed by atoms with Crippen LogP contribution in [0.25, 0.3) is 11.1 Å². The zero-order valence-electron chi connectivity index (χ0n) is 41.2. The van der Waals surface area contributed by atoms with E-state index in [4.69, 9.17) is 12.8 Å². The normalized spacial score (nSPS) is 12.9. The quantitative estimate of drug-likeness (QED) is 0.0707. The fraction of sp³-hybridized carbons (Fsp3) is 0.365. The van der Waals surface area contributed by atoms with Crippen LogP contribution in [0.2, 0.25) is 0 Å². The van der Waals surface area contributed by atoms with Gasteiger partial charge in [0.1, 0.15) is 0 Å². The Bertz CT molecular complexity index is 2460. The minimum Gasteiger partial charge on any atom is -0.310 e. The molecule has 1 aliphatic carbocycles. The number of hydrogen-bond donors (Lipinski definition) is 0. The second-order valence-electron chi connectivity index (χ2n) is 20.8. The maximum absolute atomic E-state index is 5.80. The van der Waals surface area contributed by atoms with Crippen molar-refractivity contribution in [2.24, 2.45) is 0 Å². The van der Waals surface area contributed by atoms with Crippen LogP contribution in [0.5, 0.6) is 0 Å². The molecule has 0 aromatic heterocycles. The summed E-state index contributed by atoms with van der Waals surface area (Å²) in [5.41, 5.74) is 20.5. The van der Waals surface area contributed by atoms with E-state index in [-0.39, 0.29) is 16.2 Å². The lowest BCUT2D eigenvalue weighted by Crippen LogP contribution is -2.26. The number of benzene rings is 6. The molecule has 6 aromatic rings. The summed E-state index contributed by atoms with van der Waals surface area (Å²) in [7, 11) is 0. The summed E-state index contributed by atoms with van der Waals surface area (Å²) in [6, 6.07) is 46.2. The molecule has 0 radical (unpaired) electrons. The van der Waals surface area contributed by atoms with Crippen molar-refractivity contribution in [2.75, 3.05) is 9.80 Å². The molecule has 0 heterocycles. The lowest BCUT2D eigenvalue weighted by atomic mass is 9.70. The third kappa shape index (κ3) is 9.85. The third-order valence-corrected chi connectivity index (χ3v) is 13.9. The fourth-order valence-electron chi connectivity index (χ4n) is 10.5. The van der Waals surface area contributed by atoms with Crippen molar-refractivity contribution in [3.05, 3.63) is 166 Å². The van der Waals surface area contributed by atoms with Gasteiger partial charge in [-0.05, 0) is 168 Å². The average molecular weight is 857 g/mol. The first-order valence-electron chi connectivity index (χ1n) is 24.2. The number of unbranched alkanes of at least 4 members (excludes halogenated alkanes) is 6. The summed E-state index contributed by atoms with van der Waals surface area (Å²) in [4.78, 5) is 5.03. The number of nitrogens with zero attached hydrogens (tertiary/aromatic N) is 2. The molecule has 7 rings (SSSR count). The Kier molecular flexibility index (Phi) is 14.2. The number of rotatable bonds is 16. The monoisotopic (exact) mass is 857 g/mol. The molecule has 0 spiro atoms. The van der Waals surface area contributed by atoms with Crippen molar-refractivity contribution in [1.29, 1.82) is 0 Å². The van der Waals surface area contributed by atoms with Gasteiger partial charge in [-0.1, -0.05) is 140 Å². The topological polar surface area (TPSA) is 6.48 Å². The molecule has 0 amide bonds. The molecule has 0 aliphatic heterocycles. The molecule has 2 heteroatoms. The molecule has 334 valence electrons. The molecule has 1 aliphatic rings. The number of aryl methyl sites for hydroxylation is 4. The molecular formula is C63H72N2. The van der Waals surface area contributed by atoms with E-state index in [0.29, 0.717) is 0 Å². The van der Waals surface area contributed by atoms with E-state index in [1.807, 2.05) is 0 Å². The van der Waals surface area contributed by atoms with E-state index < -0.39 is 0 Å². The maximum Gasteiger partial charge on any atom is 0.0520 e. The summed E-state index contributed by atoms with van der Waals surface area (Å²) in [6.45, 7) is 23.0. The summed E-state index contributed by atoms with van der Waals surface area (Å²) >= 11 is 0.